The van der Waals surface area contributed by atoms with E-state index in [1.807, 2.05) is 4.90 Å². The van der Waals surface area contributed by atoms with Gasteiger partial charge in [0, 0.05) is 12.0 Å². The second-order valence-electron chi connectivity index (χ2n) is 6.17. The minimum atomic E-state index is 0.236. The number of aryl methyl sites for hydroxylation is 1. The van der Waals surface area contributed by atoms with Crippen molar-refractivity contribution < 1.29 is 4.79 Å². The molecule has 0 radical (unpaired) electrons. The van der Waals surface area contributed by atoms with E-state index in [9.17, 15) is 4.79 Å². The molecule has 19 heavy (non-hydrogen) atoms. The molecular formula is C16H25NOS. The van der Waals surface area contributed by atoms with Gasteiger partial charge in [-0.05, 0) is 69.4 Å². The lowest BCUT2D eigenvalue weighted by molar-refractivity contribution is -0.123. The maximum Gasteiger partial charge on any atom is 0.230 e. The molecular weight excluding hydrogens is 254 g/mol. The number of thiophene rings is 1. The number of carbonyl (C=O) groups is 1. The molecule has 0 unspecified atom stereocenters. The Morgan fingerprint density at radius 2 is 1.95 bits per heavy atom. The van der Waals surface area contributed by atoms with Gasteiger partial charge in [-0.15, -0.1) is 11.3 Å². The standard InChI is InChI=1S/C16H25NOS/c1-11(2)17(16-13(4)9-10-19-16)15(18)14-7-5-12(3)6-8-14/h9-12,14H,5-8H2,1-4H3. The topological polar surface area (TPSA) is 20.3 Å². The highest BCUT2D eigenvalue weighted by Crippen LogP contribution is 2.34. The Morgan fingerprint density at radius 1 is 1.32 bits per heavy atom. The third-order valence-corrected chi connectivity index (χ3v) is 5.19. The summed E-state index contributed by atoms with van der Waals surface area (Å²) in [5.41, 5.74) is 1.22. The van der Waals surface area contributed by atoms with Gasteiger partial charge in [0.05, 0.1) is 0 Å². The van der Waals surface area contributed by atoms with Gasteiger partial charge in [0.25, 0.3) is 0 Å². The molecule has 0 aliphatic heterocycles. The number of hydrogen-bond acceptors (Lipinski definition) is 2. The van der Waals surface area contributed by atoms with Crippen molar-refractivity contribution in [2.24, 2.45) is 11.8 Å². The molecule has 1 heterocycles. The van der Waals surface area contributed by atoms with E-state index < -0.39 is 0 Å². The predicted octanol–water partition coefficient (Wildman–Crippen LogP) is 4.62. The van der Waals surface area contributed by atoms with Gasteiger partial charge in [0.1, 0.15) is 5.00 Å². The van der Waals surface area contributed by atoms with Crippen LogP contribution in [0.15, 0.2) is 11.4 Å². The summed E-state index contributed by atoms with van der Waals surface area (Å²) in [6.07, 6.45) is 4.53. The highest BCUT2D eigenvalue weighted by atomic mass is 32.1. The van der Waals surface area contributed by atoms with Crippen LogP contribution in [0.2, 0.25) is 0 Å². The summed E-state index contributed by atoms with van der Waals surface area (Å²) in [5, 5.41) is 3.22. The van der Waals surface area contributed by atoms with Crippen LogP contribution in [0.5, 0.6) is 0 Å². The van der Waals surface area contributed by atoms with Crippen LogP contribution in [0.4, 0.5) is 5.00 Å². The average Bonchev–Trinajstić information content (AvgIpc) is 2.76. The van der Waals surface area contributed by atoms with Crippen molar-refractivity contribution >= 4 is 22.2 Å². The number of carbonyl (C=O) groups excluding carboxylic acids is 1. The maximum atomic E-state index is 12.8. The first-order chi connectivity index (χ1) is 9.00. The summed E-state index contributed by atoms with van der Waals surface area (Å²) >= 11 is 1.68. The van der Waals surface area contributed by atoms with E-state index in [2.05, 4.69) is 39.1 Å². The first-order valence-electron chi connectivity index (χ1n) is 7.38. The summed E-state index contributed by atoms with van der Waals surface area (Å²) in [7, 11) is 0. The van der Waals surface area contributed by atoms with Crippen LogP contribution in [0, 0.1) is 18.8 Å². The Morgan fingerprint density at radius 3 is 2.42 bits per heavy atom. The zero-order valence-electron chi connectivity index (χ0n) is 12.5. The fourth-order valence-corrected chi connectivity index (χ4v) is 3.97. The van der Waals surface area contributed by atoms with Crippen molar-refractivity contribution in [3.05, 3.63) is 17.0 Å². The molecule has 0 saturated heterocycles. The van der Waals surface area contributed by atoms with Crippen LogP contribution < -0.4 is 4.90 Å². The fraction of sp³-hybridized carbons (Fsp3) is 0.688. The number of rotatable bonds is 3. The normalized spacial score (nSPS) is 23.6. The van der Waals surface area contributed by atoms with E-state index in [1.54, 1.807) is 11.3 Å². The zero-order chi connectivity index (χ0) is 14.0. The molecule has 106 valence electrons. The molecule has 2 nitrogen and oxygen atoms in total. The van der Waals surface area contributed by atoms with Gasteiger partial charge in [-0.1, -0.05) is 6.92 Å². The van der Waals surface area contributed by atoms with E-state index in [0.717, 1.165) is 23.8 Å². The van der Waals surface area contributed by atoms with Crippen molar-refractivity contribution in [3.63, 3.8) is 0 Å². The van der Waals surface area contributed by atoms with Crippen LogP contribution in [0.3, 0.4) is 0 Å². The number of anilines is 1. The Labute approximate surface area is 120 Å². The van der Waals surface area contributed by atoms with Gasteiger partial charge in [-0.3, -0.25) is 4.79 Å². The summed E-state index contributed by atoms with van der Waals surface area (Å²) in [6.45, 7) is 8.62. The van der Waals surface area contributed by atoms with Crippen molar-refractivity contribution in [2.75, 3.05) is 4.90 Å². The summed E-state index contributed by atoms with van der Waals surface area (Å²) in [4.78, 5) is 14.9. The van der Waals surface area contributed by atoms with Crippen molar-refractivity contribution in [3.8, 4) is 0 Å². The number of amides is 1. The zero-order valence-corrected chi connectivity index (χ0v) is 13.3. The first kappa shape index (κ1) is 14.6. The lowest BCUT2D eigenvalue weighted by Crippen LogP contribution is -2.42. The lowest BCUT2D eigenvalue weighted by atomic mass is 9.82. The third-order valence-electron chi connectivity index (χ3n) is 4.17. The van der Waals surface area contributed by atoms with Crippen molar-refractivity contribution in [1.29, 1.82) is 0 Å². The Bertz CT molecular complexity index is 430. The lowest BCUT2D eigenvalue weighted by Gasteiger charge is -2.33. The van der Waals surface area contributed by atoms with Gasteiger partial charge in [0.15, 0.2) is 0 Å². The molecule has 1 saturated carbocycles. The van der Waals surface area contributed by atoms with Crippen LogP contribution >= 0.6 is 11.3 Å². The highest BCUT2D eigenvalue weighted by molar-refractivity contribution is 7.14. The van der Waals surface area contributed by atoms with E-state index in [-0.39, 0.29) is 12.0 Å². The Kier molecular flexibility index (Phi) is 4.67. The Balaban J connectivity index is 2.16. The van der Waals surface area contributed by atoms with Gasteiger partial charge >= 0.3 is 0 Å². The largest absolute Gasteiger partial charge is 0.301 e. The monoisotopic (exact) mass is 279 g/mol. The van der Waals surface area contributed by atoms with E-state index in [1.165, 1.54) is 18.4 Å². The Hall–Kier alpha value is -0.830. The second kappa shape index (κ2) is 6.08. The molecule has 1 aliphatic carbocycles. The fourth-order valence-electron chi connectivity index (χ4n) is 2.90. The molecule has 0 bridgehead atoms. The smallest absolute Gasteiger partial charge is 0.230 e. The number of hydrogen-bond donors (Lipinski definition) is 0. The predicted molar refractivity (Wildman–Crippen MR) is 82.8 cm³/mol. The van der Waals surface area contributed by atoms with Gasteiger partial charge in [-0.2, -0.15) is 0 Å². The van der Waals surface area contributed by atoms with Gasteiger partial charge < -0.3 is 4.90 Å². The summed E-state index contributed by atoms with van der Waals surface area (Å²) in [6, 6.07) is 2.34. The molecule has 2 rings (SSSR count). The first-order valence-corrected chi connectivity index (χ1v) is 8.25. The van der Waals surface area contributed by atoms with E-state index in [0.29, 0.717) is 5.91 Å². The molecule has 0 aromatic carbocycles. The number of nitrogens with zero attached hydrogens (tertiary/aromatic N) is 1. The van der Waals surface area contributed by atoms with Gasteiger partial charge in [0.2, 0.25) is 5.91 Å². The van der Waals surface area contributed by atoms with Crippen LogP contribution in [0.25, 0.3) is 0 Å². The van der Waals surface area contributed by atoms with Gasteiger partial charge in [-0.25, -0.2) is 0 Å². The highest BCUT2D eigenvalue weighted by Gasteiger charge is 2.31. The quantitative estimate of drug-likeness (QED) is 0.790. The summed E-state index contributed by atoms with van der Waals surface area (Å²) in [5.74, 6) is 1.37. The molecule has 0 N–H and O–H groups in total. The summed E-state index contributed by atoms with van der Waals surface area (Å²) < 4.78 is 0. The third kappa shape index (κ3) is 3.19. The van der Waals surface area contributed by atoms with E-state index in [4.69, 9.17) is 0 Å². The minimum absolute atomic E-state index is 0.236. The van der Waals surface area contributed by atoms with Crippen molar-refractivity contribution in [1.82, 2.24) is 0 Å². The SMILES string of the molecule is Cc1ccsc1N(C(=O)C1CCC(C)CC1)C(C)C. The molecule has 1 aliphatic rings. The second-order valence-corrected chi connectivity index (χ2v) is 7.06. The molecule has 1 aromatic rings. The van der Waals surface area contributed by atoms with E-state index >= 15 is 0 Å². The molecule has 1 fully saturated rings. The minimum Gasteiger partial charge on any atom is -0.301 e. The molecule has 3 heteroatoms. The van der Waals surface area contributed by atoms with Crippen LogP contribution in [0.1, 0.15) is 52.0 Å². The van der Waals surface area contributed by atoms with Crippen LogP contribution in [-0.4, -0.2) is 11.9 Å². The average molecular weight is 279 g/mol. The maximum absolute atomic E-state index is 12.8. The molecule has 1 amide bonds. The molecule has 0 spiro atoms. The molecule has 0 atom stereocenters. The molecule has 1 aromatic heterocycles. The van der Waals surface area contributed by atoms with Crippen LogP contribution in [-0.2, 0) is 4.79 Å². The van der Waals surface area contributed by atoms with Crippen molar-refractivity contribution in [2.45, 2.75) is 59.4 Å².